The molecule has 13 heteroatoms. The molecule has 32 heavy (non-hydrogen) atoms. The molecular weight excluding hydrogens is 556 g/mol. The number of amides is 1. The third-order valence-electron chi connectivity index (χ3n) is 4.44. The minimum Gasteiger partial charge on any atom is -0.394 e. The average Bonchev–Trinajstić information content (AvgIpc) is 3.03. The summed E-state index contributed by atoms with van der Waals surface area (Å²) in [5.41, 5.74) is 3.31. The van der Waals surface area contributed by atoms with Crippen LogP contribution in [-0.4, -0.2) is 47.9 Å². The number of nitrogens with zero attached hydrogens (tertiary/aromatic N) is 2. The Morgan fingerprint density at radius 1 is 1.34 bits per heavy atom. The summed E-state index contributed by atoms with van der Waals surface area (Å²) in [6.07, 6.45) is 3.18. The van der Waals surface area contributed by atoms with Gasteiger partial charge in [0, 0.05) is 27.9 Å². The van der Waals surface area contributed by atoms with Crippen LogP contribution >= 0.6 is 22.6 Å². The Bertz CT molecular complexity index is 1230. The van der Waals surface area contributed by atoms with Gasteiger partial charge in [-0.15, -0.1) is 0 Å². The Balaban J connectivity index is 2.10. The van der Waals surface area contributed by atoms with Crippen LogP contribution in [-0.2, 0) is 21.4 Å². The second-order valence-corrected chi connectivity index (χ2v) is 9.72. The van der Waals surface area contributed by atoms with E-state index < -0.39 is 21.7 Å². The minimum atomic E-state index is -3.69. The maximum Gasteiger partial charge on any atom is 0.293 e. The van der Waals surface area contributed by atoms with E-state index in [1.165, 1.54) is 18.5 Å². The average molecular weight is 577 g/mol. The predicted octanol–water partition coefficient (Wildman–Crippen LogP) is 1.86. The molecule has 5 N–H and O–H groups in total. The normalized spacial score (nSPS) is 11.6. The molecule has 0 saturated carbocycles. The highest BCUT2D eigenvalue weighted by molar-refractivity contribution is 14.1. The second kappa shape index (κ2) is 10.5. The number of aromatic nitrogens is 2. The van der Waals surface area contributed by atoms with Crippen LogP contribution in [0.5, 0.6) is 0 Å². The van der Waals surface area contributed by atoms with Crippen LogP contribution in [0.4, 0.5) is 15.8 Å². The third-order valence-corrected chi connectivity index (χ3v) is 5.97. The van der Waals surface area contributed by atoms with Crippen molar-refractivity contribution < 1.29 is 27.5 Å². The number of hydrogen-bond acceptors (Lipinski definition) is 7. The number of aliphatic hydroxyl groups excluding tert-OH is 1. The van der Waals surface area contributed by atoms with Crippen LogP contribution in [0.2, 0.25) is 0 Å². The number of halogens is 2. The maximum absolute atomic E-state index is 14.5. The molecule has 0 fully saturated rings. The lowest BCUT2D eigenvalue weighted by Crippen LogP contribution is -2.28. The lowest BCUT2D eigenvalue weighted by Gasteiger charge is -2.13. The molecule has 0 radical (unpaired) electrons. The first-order valence-electron chi connectivity index (χ1n) is 9.43. The van der Waals surface area contributed by atoms with Crippen molar-refractivity contribution in [1.82, 2.24) is 15.0 Å². The number of nitrogens with two attached hydrogens (primary N) is 1. The van der Waals surface area contributed by atoms with Crippen molar-refractivity contribution in [2.75, 3.05) is 24.3 Å². The lowest BCUT2D eigenvalue weighted by molar-refractivity contribution is 0.0163. The van der Waals surface area contributed by atoms with Crippen molar-refractivity contribution in [3.8, 4) is 0 Å². The Morgan fingerprint density at radius 3 is 2.81 bits per heavy atom. The lowest BCUT2D eigenvalue weighted by atomic mass is 10.2. The summed E-state index contributed by atoms with van der Waals surface area (Å²) in [6, 6.07) is 6.25. The van der Waals surface area contributed by atoms with Gasteiger partial charge in [-0.25, -0.2) is 23.4 Å². The number of fused-ring (bicyclic) bond motifs is 1. The minimum absolute atomic E-state index is 0.0818. The number of carbonyl (C=O) groups excluding carboxylic acids is 1. The summed E-state index contributed by atoms with van der Waals surface area (Å²) in [6.45, 7) is -0.301. The number of benzene rings is 1. The maximum atomic E-state index is 14.5. The summed E-state index contributed by atoms with van der Waals surface area (Å²) < 4.78 is 39.6. The van der Waals surface area contributed by atoms with Crippen molar-refractivity contribution in [2.24, 2.45) is 5.14 Å². The molecule has 3 rings (SSSR count). The molecule has 3 aromatic rings. The van der Waals surface area contributed by atoms with Gasteiger partial charge in [0.2, 0.25) is 10.0 Å². The van der Waals surface area contributed by atoms with Crippen molar-refractivity contribution in [3.63, 3.8) is 0 Å². The van der Waals surface area contributed by atoms with Gasteiger partial charge in [-0.05, 0) is 53.3 Å². The van der Waals surface area contributed by atoms with E-state index in [1.54, 1.807) is 22.8 Å². The monoisotopic (exact) mass is 577 g/mol. The van der Waals surface area contributed by atoms with E-state index in [4.69, 9.17) is 15.1 Å². The molecule has 10 nitrogen and oxygen atoms in total. The van der Waals surface area contributed by atoms with Crippen molar-refractivity contribution >= 4 is 60.8 Å². The summed E-state index contributed by atoms with van der Waals surface area (Å²) in [4.78, 5) is 22.0. The number of anilines is 2. The van der Waals surface area contributed by atoms with E-state index >= 15 is 0 Å². The largest absolute Gasteiger partial charge is 0.394 e. The first kappa shape index (κ1) is 24.3. The zero-order valence-electron chi connectivity index (χ0n) is 16.7. The molecule has 0 bridgehead atoms. The van der Waals surface area contributed by atoms with Gasteiger partial charge in [-0.1, -0.05) is 0 Å². The molecule has 1 aromatic carbocycles. The number of primary sulfonamides is 1. The summed E-state index contributed by atoms with van der Waals surface area (Å²) >= 11 is 1.99. The topological polar surface area (TPSA) is 149 Å². The van der Waals surface area contributed by atoms with Crippen molar-refractivity contribution in [2.45, 2.75) is 13.0 Å². The first-order chi connectivity index (χ1) is 15.2. The fraction of sp³-hybridized carbons (Fsp3) is 0.263. The quantitative estimate of drug-likeness (QED) is 0.163. The Morgan fingerprint density at radius 2 is 2.12 bits per heavy atom. The summed E-state index contributed by atoms with van der Waals surface area (Å²) in [5, 5.41) is 17.5. The van der Waals surface area contributed by atoms with Gasteiger partial charge >= 0.3 is 0 Å². The van der Waals surface area contributed by atoms with E-state index in [0.717, 1.165) is 0 Å². The zero-order chi connectivity index (χ0) is 23.3. The van der Waals surface area contributed by atoms with Crippen LogP contribution in [0.1, 0.15) is 16.9 Å². The molecule has 1 amide bonds. The fourth-order valence-corrected chi connectivity index (χ4v) is 4.14. The highest BCUT2D eigenvalue weighted by Crippen LogP contribution is 2.34. The molecule has 0 spiro atoms. The van der Waals surface area contributed by atoms with Gasteiger partial charge in [0.15, 0.2) is 0 Å². The van der Waals surface area contributed by atoms with Crippen LogP contribution in [0.15, 0.2) is 36.7 Å². The van der Waals surface area contributed by atoms with Crippen LogP contribution in [0.25, 0.3) is 10.9 Å². The highest BCUT2D eigenvalue weighted by Gasteiger charge is 2.24. The Kier molecular flexibility index (Phi) is 8.00. The molecule has 0 atom stereocenters. The molecule has 2 aromatic heterocycles. The molecular formula is C19H21FIN5O5S. The molecule has 172 valence electrons. The predicted molar refractivity (Wildman–Crippen MR) is 125 cm³/mol. The molecule has 0 saturated heterocycles. The Labute approximate surface area is 197 Å². The van der Waals surface area contributed by atoms with E-state index in [0.29, 0.717) is 14.5 Å². The van der Waals surface area contributed by atoms with Crippen molar-refractivity contribution in [1.29, 1.82) is 0 Å². The number of aryl methyl sites for hydroxylation is 1. The standard InChI is InChI=1S/C19H21FIN5O5S/c20-14-10-12(21)2-3-15(14)24-17-13-11-23-5-4-16(13)26(6-1-9-32(22,29)30)18(17)19(28)25-31-8-7-27/h2-5,10-11,24,27H,1,6-9H2,(H,25,28)(H2,22,29,30). The van der Waals surface area contributed by atoms with E-state index in [-0.39, 0.29) is 49.0 Å². The van der Waals surface area contributed by atoms with Crippen molar-refractivity contribution in [3.05, 3.63) is 51.7 Å². The van der Waals surface area contributed by atoms with Gasteiger partial charge in [0.1, 0.15) is 11.5 Å². The molecule has 0 aliphatic rings. The number of hydrogen-bond donors (Lipinski definition) is 4. The molecule has 2 heterocycles. The number of sulfonamides is 1. The number of pyridine rings is 1. The fourth-order valence-electron chi connectivity index (χ4n) is 3.15. The molecule has 0 aliphatic heterocycles. The third kappa shape index (κ3) is 5.92. The van der Waals surface area contributed by atoms with E-state index in [1.807, 2.05) is 22.6 Å². The number of rotatable bonds is 10. The number of aliphatic hydroxyl groups is 1. The van der Waals surface area contributed by atoms with Crippen LogP contribution < -0.4 is 15.9 Å². The van der Waals surface area contributed by atoms with Gasteiger partial charge in [0.25, 0.3) is 5.91 Å². The Hall–Kier alpha value is -2.33. The van der Waals surface area contributed by atoms with Crippen LogP contribution in [0, 0.1) is 9.39 Å². The van der Waals surface area contributed by atoms with Gasteiger partial charge in [-0.3, -0.25) is 14.6 Å². The highest BCUT2D eigenvalue weighted by atomic mass is 127. The van der Waals surface area contributed by atoms with E-state index in [2.05, 4.69) is 15.8 Å². The summed E-state index contributed by atoms with van der Waals surface area (Å²) in [5.74, 6) is -1.47. The number of hydroxylamine groups is 1. The van der Waals surface area contributed by atoms with Gasteiger partial charge in [0.05, 0.1) is 35.9 Å². The van der Waals surface area contributed by atoms with Crippen LogP contribution in [0.3, 0.4) is 0 Å². The van der Waals surface area contributed by atoms with Gasteiger partial charge in [-0.2, -0.15) is 0 Å². The molecule has 0 aliphatic carbocycles. The zero-order valence-corrected chi connectivity index (χ0v) is 19.7. The number of nitrogens with one attached hydrogen (secondary N) is 2. The first-order valence-corrected chi connectivity index (χ1v) is 12.2. The van der Waals surface area contributed by atoms with E-state index in [9.17, 15) is 17.6 Å². The summed E-state index contributed by atoms with van der Waals surface area (Å²) in [7, 11) is -3.69. The second-order valence-electron chi connectivity index (χ2n) is 6.74. The smallest absolute Gasteiger partial charge is 0.293 e. The van der Waals surface area contributed by atoms with Gasteiger partial charge < -0.3 is 15.0 Å². The molecule has 0 unspecified atom stereocenters. The SMILES string of the molecule is NS(=O)(=O)CCCn1c(C(=O)NOCCO)c(Nc2ccc(I)cc2F)c2cnccc21. The number of carbonyl (C=O) groups is 1.